The monoisotopic (exact) mass is 921 g/mol. The molecule has 1 aliphatic carbocycles. The second-order valence-electron chi connectivity index (χ2n) is 16.4. The van der Waals surface area contributed by atoms with Gasteiger partial charge < -0.3 is 33.3 Å². The van der Waals surface area contributed by atoms with Crippen LogP contribution in [-0.4, -0.2) is 102 Å². The minimum absolute atomic E-state index is 0. The van der Waals surface area contributed by atoms with E-state index in [2.05, 4.69) is 105 Å². The molecule has 2 aromatic carbocycles. The molecule has 14 heteroatoms. The van der Waals surface area contributed by atoms with Crippen LogP contribution in [0.3, 0.4) is 0 Å². The summed E-state index contributed by atoms with van der Waals surface area (Å²) >= 11 is 0. The summed E-state index contributed by atoms with van der Waals surface area (Å²) in [7, 11) is -3.57. The predicted octanol–water partition coefficient (Wildman–Crippen LogP) is 5.53. The van der Waals surface area contributed by atoms with E-state index in [9.17, 15) is 22.6 Å². The van der Waals surface area contributed by atoms with Crippen molar-refractivity contribution < 1.29 is 104 Å². The van der Waals surface area contributed by atoms with Crippen LogP contribution in [0.25, 0.3) is 0 Å². The number of likely N-dealkylation sites (N-methyl/N-ethyl adjacent to an activating group) is 2. The van der Waals surface area contributed by atoms with Gasteiger partial charge in [0.25, 0.3) is 0 Å². The van der Waals surface area contributed by atoms with Crippen molar-refractivity contribution in [3.8, 4) is 0 Å². The van der Waals surface area contributed by atoms with Gasteiger partial charge in [-0.2, -0.15) is 0 Å². The number of ether oxygens (including phenoxy) is 4. The summed E-state index contributed by atoms with van der Waals surface area (Å²) in [6.45, 7) is 18.7. The normalized spacial score (nSPS) is 19.7. The molecule has 1 saturated carbocycles. The third-order valence-corrected chi connectivity index (χ3v) is 12.7. The molecular formula is C49H71KN3O9S+. The van der Waals surface area contributed by atoms with Crippen LogP contribution in [0.15, 0.2) is 88.1 Å². The van der Waals surface area contributed by atoms with E-state index >= 15 is 0 Å². The topological polar surface area (TPSA) is 138 Å². The fraction of sp³-hybridized carbons (Fsp3) is 0.531. The fourth-order valence-electron chi connectivity index (χ4n) is 8.69. The maximum Gasteiger partial charge on any atom is 1.00 e. The number of hydrogen-bond acceptors (Lipinski definition) is 11. The summed E-state index contributed by atoms with van der Waals surface area (Å²) in [5, 5.41) is 0. The van der Waals surface area contributed by atoms with E-state index in [1.807, 2.05) is 0 Å². The van der Waals surface area contributed by atoms with Gasteiger partial charge in [-0.3, -0.25) is 9.59 Å². The molecule has 0 saturated heterocycles. The number of carbonyl (C=O) groups is 2. The van der Waals surface area contributed by atoms with Crippen LogP contribution in [-0.2, 0) is 49.5 Å². The molecule has 12 nitrogen and oxygen atoms in total. The molecular weight excluding hydrogens is 846 g/mol. The van der Waals surface area contributed by atoms with Crippen molar-refractivity contribution in [3.05, 3.63) is 99.9 Å². The molecule has 0 bridgehead atoms. The standard InChI is InChI=1S/C47H63N3O9S.2CH4.K/c1-10-49-39-19-15-33(3)31-37(39)46(4,5)41(49)21-16-34-13-12-14-35(17-22-42-47(6,7)38-32-36(60(53,54)55)18-20-40(38)50(42)11-2)45(34)48(25-29-58-27-23-43(51)56-8)26-30-59-28-24-44(52)57-9;;;/h15-22,31-32H,10-14,23-30H2,1-9H3;2*1H4;/q;;;+1/i;1D3;1D2;. The Morgan fingerprint density at radius 1 is 0.794 bits per heavy atom. The van der Waals surface area contributed by atoms with E-state index in [4.69, 9.17) is 25.8 Å². The molecule has 2 aromatic rings. The first-order chi connectivity index (χ1) is 31.6. The van der Waals surface area contributed by atoms with Crippen molar-refractivity contribution in [2.24, 2.45) is 0 Å². The first-order valence-electron chi connectivity index (χ1n) is 24.1. The fourth-order valence-corrected chi connectivity index (χ4v) is 9.18. The van der Waals surface area contributed by atoms with Crippen LogP contribution in [0.2, 0.25) is 0 Å². The van der Waals surface area contributed by atoms with E-state index in [1.165, 1.54) is 54.4 Å². The second-order valence-corrected chi connectivity index (χ2v) is 17.8. The Morgan fingerprint density at radius 2 is 1.24 bits per heavy atom. The van der Waals surface area contributed by atoms with Gasteiger partial charge in [-0.1, -0.05) is 72.3 Å². The summed E-state index contributed by atoms with van der Waals surface area (Å²) in [6, 6.07) is 11.3. The zero-order chi connectivity index (χ0) is 50.1. The molecule has 2 heterocycles. The number of esters is 2. The number of nitrogens with zero attached hydrogens (tertiary/aromatic N) is 3. The number of methoxy groups -OCH3 is 2. The molecule has 0 N–H and O–H groups in total. The predicted molar refractivity (Wildman–Crippen MR) is 247 cm³/mol. The number of hydrogen-bond donors (Lipinski definition) is 0. The van der Waals surface area contributed by atoms with Crippen molar-refractivity contribution in [1.29, 1.82) is 0 Å². The van der Waals surface area contributed by atoms with Gasteiger partial charge in [-0.15, -0.1) is 0 Å². The molecule has 2 aliphatic heterocycles. The van der Waals surface area contributed by atoms with Gasteiger partial charge in [0, 0.05) is 64.7 Å². The number of benzene rings is 2. The maximum absolute atomic E-state index is 12.1. The van der Waals surface area contributed by atoms with Gasteiger partial charge in [0.1, 0.15) is 23.3 Å². The summed E-state index contributed by atoms with van der Waals surface area (Å²) in [5.41, 5.74) is 10.2. The minimum atomic E-state index is -4.63. The molecule has 0 radical (unpaired) electrons. The van der Waals surface area contributed by atoms with E-state index in [0.717, 1.165) is 54.0 Å². The Morgan fingerprint density at radius 3 is 1.67 bits per heavy atom. The quantitative estimate of drug-likeness (QED) is 0.0652. The van der Waals surface area contributed by atoms with Gasteiger partial charge >= 0.3 is 63.3 Å². The average molecular weight is 922 g/mol. The molecule has 0 atom stereocenters. The smallest absolute Gasteiger partial charge is 0.744 e. The molecule has 0 unspecified atom stereocenters. The molecule has 0 amide bonds. The number of carbonyl (C=O) groups excluding carboxylic acids is 2. The number of rotatable bonds is 17. The third-order valence-electron chi connectivity index (χ3n) is 11.9. The van der Waals surface area contributed by atoms with Crippen molar-refractivity contribution in [2.45, 2.75) is 111 Å². The average Bonchev–Trinajstić information content (AvgIpc) is 3.62. The number of fused-ring (bicyclic) bond motifs is 2. The van der Waals surface area contributed by atoms with E-state index in [-0.39, 0.29) is 107 Å². The van der Waals surface area contributed by atoms with E-state index in [0.29, 0.717) is 32.8 Å². The summed E-state index contributed by atoms with van der Waals surface area (Å²) in [5.74, 6) is -0.664. The molecule has 0 aromatic heterocycles. The largest absolute Gasteiger partial charge is 1.00 e. The van der Waals surface area contributed by atoms with E-state index < -0.39 is 22.9 Å². The van der Waals surface area contributed by atoms with Crippen LogP contribution in [0.5, 0.6) is 0 Å². The minimum Gasteiger partial charge on any atom is -0.744 e. The van der Waals surface area contributed by atoms with Gasteiger partial charge in [0.15, 0.2) is 13.1 Å². The Bertz CT molecular complexity index is 2270. The molecule has 63 heavy (non-hydrogen) atoms. The molecule has 342 valence electrons. The number of allylic oxidation sites excluding steroid dienone is 8. The van der Waals surface area contributed by atoms with Crippen molar-refractivity contribution >= 4 is 39.1 Å². The van der Waals surface area contributed by atoms with Gasteiger partial charge in [-0.05, 0) is 87.6 Å². The van der Waals surface area contributed by atoms with Crippen LogP contribution in [0.1, 0.15) is 112 Å². The van der Waals surface area contributed by atoms with Crippen LogP contribution in [0, 0.1) is 6.92 Å². The Hall–Kier alpha value is -2.92. The first kappa shape index (κ1) is 48.0. The molecule has 1 fully saturated rings. The third kappa shape index (κ3) is 13.1. The van der Waals surface area contributed by atoms with Crippen LogP contribution >= 0.6 is 0 Å². The molecule has 5 rings (SSSR count). The van der Waals surface area contributed by atoms with E-state index in [1.54, 1.807) is 6.07 Å². The van der Waals surface area contributed by atoms with Crippen molar-refractivity contribution in [3.63, 3.8) is 0 Å². The summed E-state index contributed by atoms with van der Waals surface area (Å²) in [6.07, 6.45) is 11.8. The first-order valence-corrected chi connectivity index (χ1v) is 22.4. The van der Waals surface area contributed by atoms with Gasteiger partial charge in [-0.25, -0.2) is 13.0 Å². The van der Waals surface area contributed by atoms with Gasteiger partial charge in [0.05, 0.1) is 45.2 Å². The maximum atomic E-state index is 12.1. The van der Waals surface area contributed by atoms with Crippen molar-refractivity contribution in [1.82, 2.24) is 0 Å². The zero-order valence-electron chi connectivity index (χ0n) is 44.2. The molecule has 3 aliphatic rings. The summed E-state index contributed by atoms with van der Waals surface area (Å²) in [4.78, 5) is 28.0. The SMILES string of the molecule is CCN1C(=CC=C2CCC/C(=C\C=C3\N(CC)c4ccc(S(=O)(=O)[O-])cc4C3(C)C)C2=[N+](CCOCCC(=O)OC)CCOCCC(=O)OC)C(C)(C)c2cc(C)ccc21.[2H]C([2H])[2H].[2H]C[2H].[K+]. The van der Waals surface area contributed by atoms with Crippen LogP contribution in [0.4, 0.5) is 11.4 Å². The zero-order valence-corrected chi connectivity index (χ0v) is 43.1. The van der Waals surface area contributed by atoms with Crippen molar-refractivity contribution in [2.75, 3.05) is 76.6 Å². The molecule has 0 spiro atoms. The summed E-state index contributed by atoms with van der Waals surface area (Å²) < 4.78 is 89.5. The van der Waals surface area contributed by atoms with Crippen LogP contribution < -0.4 is 61.2 Å². The second kappa shape index (κ2) is 24.6. The Kier molecular flexibility index (Phi) is 18.7. The number of aryl methyl sites for hydroxylation is 1. The Labute approximate surface area is 427 Å². The van der Waals surface area contributed by atoms with Gasteiger partial charge in [0.2, 0.25) is 5.71 Å². The number of anilines is 2. The Balaban J connectivity index is 0.00000186.